The molecule has 0 aromatic heterocycles. The van der Waals surface area contributed by atoms with Gasteiger partial charge in [0.1, 0.15) is 0 Å². The van der Waals surface area contributed by atoms with Crippen LogP contribution >= 0.6 is 0 Å². The van der Waals surface area contributed by atoms with Crippen molar-refractivity contribution < 1.29 is 13.9 Å². The number of rotatable bonds is 5. The van der Waals surface area contributed by atoms with E-state index in [0.717, 1.165) is 11.1 Å². The van der Waals surface area contributed by atoms with Crippen LogP contribution < -0.4 is 0 Å². The number of benzene rings is 1. The molecule has 0 saturated heterocycles. The first-order valence-electron chi connectivity index (χ1n) is 4.69. The normalized spacial score (nSPS) is 10.9. The minimum absolute atomic E-state index is 0.0840. The van der Waals surface area contributed by atoms with Crippen LogP contribution in [0.5, 0.6) is 0 Å². The third-order valence-electron chi connectivity index (χ3n) is 2.07. The van der Waals surface area contributed by atoms with E-state index in [1.165, 1.54) is 0 Å². The summed E-state index contributed by atoms with van der Waals surface area (Å²) in [6, 6.07) is 7.43. The predicted molar refractivity (Wildman–Crippen MR) is 51.6 cm³/mol. The molecule has 0 amide bonds. The van der Waals surface area contributed by atoms with Crippen LogP contribution in [-0.4, -0.2) is 18.1 Å². The summed E-state index contributed by atoms with van der Waals surface area (Å²) in [5, 5.41) is 8.67. The fourth-order valence-corrected chi connectivity index (χ4v) is 1.28. The lowest BCUT2D eigenvalue weighted by atomic mass is 10.1. The van der Waals surface area contributed by atoms with Gasteiger partial charge in [-0.3, -0.25) is 0 Å². The maximum absolute atomic E-state index is 11.9. The Hall–Kier alpha value is -0.960. The van der Waals surface area contributed by atoms with Crippen LogP contribution in [0.15, 0.2) is 24.3 Å². The second kappa shape index (κ2) is 5.70. The third-order valence-corrected chi connectivity index (χ3v) is 2.07. The summed E-state index contributed by atoms with van der Waals surface area (Å²) in [6.07, 6.45) is -1.28. The van der Waals surface area contributed by atoms with Gasteiger partial charge in [-0.2, -0.15) is 0 Å². The Kier molecular flexibility index (Phi) is 4.53. The van der Waals surface area contributed by atoms with Crippen LogP contribution in [-0.2, 0) is 12.8 Å². The van der Waals surface area contributed by atoms with Crippen LogP contribution in [0, 0.1) is 0 Å². The number of halogens is 2. The van der Waals surface area contributed by atoms with E-state index in [1.807, 2.05) is 24.3 Å². The summed E-state index contributed by atoms with van der Waals surface area (Å²) >= 11 is 0. The topological polar surface area (TPSA) is 20.2 Å². The van der Waals surface area contributed by atoms with Crippen molar-refractivity contribution in [1.29, 1.82) is 0 Å². The highest BCUT2D eigenvalue weighted by Gasteiger charge is 2.02. The molecule has 0 heterocycles. The largest absolute Gasteiger partial charge is 0.396 e. The summed E-state index contributed by atoms with van der Waals surface area (Å²) in [5.41, 5.74) is 1.96. The number of aliphatic hydroxyl groups is 1. The fraction of sp³-hybridized carbons (Fsp3) is 0.455. The lowest BCUT2D eigenvalue weighted by Crippen LogP contribution is -1.95. The van der Waals surface area contributed by atoms with Crippen LogP contribution in [0.25, 0.3) is 0 Å². The molecular weight excluding hydrogens is 186 g/mol. The van der Waals surface area contributed by atoms with Crippen molar-refractivity contribution in [2.75, 3.05) is 6.61 Å². The molecule has 78 valence electrons. The number of aliphatic hydroxyl groups excluding tert-OH is 1. The van der Waals surface area contributed by atoms with Crippen molar-refractivity contribution in [3.8, 4) is 0 Å². The summed E-state index contributed by atoms with van der Waals surface area (Å²) in [7, 11) is 0. The average Bonchev–Trinajstić information content (AvgIpc) is 2.17. The maximum atomic E-state index is 11.9. The zero-order valence-electron chi connectivity index (χ0n) is 7.92. The smallest absolute Gasteiger partial charge is 0.239 e. The highest BCUT2D eigenvalue weighted by atomic mass is 19.3. The molecule has 1 aromatic carbocycles. The second-order valence-corrected chi connectivity index (χ2v) is 3.22. The minimum Gasteiger partial charge on any atom is -0.396 e. The Morgan fingerprint density at radius 1 is 1.00 bits per heavy atom. The van der Waals surface area contributed by atoms with Gasteiger partial charge in [-0.25, -0.2) is 8.78 Å². The molecule has 0 atom stereocenters. The molecule has 14 heavy (non-hydrogen) atoms. The number of hydrogen-bond acceptors (Lipinski definition) is 1. The summed E-state index contributed by atoms with van der Waals surface area (Å²) in [4.78, 5) is 0. The van der Waals surface area contributed by atoms with Gasteiger partial charge in [-0.05, 0) is 24.0 Å². The van der Waals surface area contributed by atoms with E-state index in [4.69, 9.17) is 5.11 Å². The van der Waals surface area contributed by atoms with Gasteiger partial charge in [-0.15, -0.1) is 0 Å². The van der Waals surface area contributed by atoms with Gasteiger partial charge in [0.25, 0.3) is 0 Å². The van der Waals surface area contributed by atoms with E-state index < -0.39 is 6.43 Å². The molecule has 0 aliphatic heterocycles. The summed E-state index contributed by atoms with van der Waals surface area (Å²) in [6.45, 7) is 0.121. The summed E-state index contributed by atoms with van der Waals surface area (Å²) < 4.78 is 23.8. The van der Waals surface area contributed by atoms with Gasteiger partial charge in [-0.1, -0.05) is 24.3 Å². The summed E-state index contributed by atoms with van der Waals surface area (Å²) in [5.74, 6) is 0. The lowest BCUT2D eigenvalue weighted by molar-refractivity contribution is 0.138. The second-order valence-electron chi connectivity index (χ2n) is 3.22. The molecule has 0 radical (unpaired) electrons. The Balaban J connectivity index is 2.46. The molecule has 0 spiro atoms. The number of aryl methyl sites for hydroxylation is 1. The molecule has 3 heteroatoms. The highest BCUT2D eigenvalue weighted by Crippen LogP contribution is 2.10. The van der Waals surface area contributed by atoms with Gasteiger partial charge >= 0.3 is 0 Å². The standard InChI is InChI=1S/C11H14F2O/c12-11(13)6-5-9-1-3-10(4-2-9)7-8-14/h1-4,11,14H,5-8H2. The fourth-order valence-electron chi connectivity index (χ4n) is 1.28. The van der Waals surface area contributed by atoms with Gasteiger partial charge in [0, 0.05) is 13.0 Å². The van der Waals surface area contributed by atoms with E-state index in [1.54, 1.807) is 0 Å². The van der Waals surface area contributed by atoms with E-state index in [0.29, 0.717) is 12.8 Å². The van der Waals surface area contributed by atoms with Crippen LogP contribution in [0.2, 0.25) is 0 Å². The molecule has 0 fully saturated rings. The van der Waals surface area contributed by atoms with Crippen molar-refractivity contribution in [2.45, 2.75) is 25.7 Å². The van der Waals surface area contributed by atoms with Crippen molar-refractivity contribution in [1.82, 2.24) is 0 Å². The first-order valence-corrected chi connectivity index (χ1v) is 4.69. The van der Waals surface area contributed by atoms with Crippen molar-refractivity contribution in [3.05, 3.63) is 35.4 Å². The third kappa shape index (κ3) is 3.83. The zero-order valence-corrected chi connectivity index (χ0v) is 7.92. The molecule has 1 aromatic rings. The molecule has 0 bridgehead atoms. The van der Waals surface area contributed by atoms with Gasteiger partial charge in [0.15, 0.2) is 0 Å². The first kappa shape index (κ1) is 11.1. The number of hydrogen-bond donors (Lipinski definition) is 1. The molecule has 0 aliphatic carbocycles. The monoisotopic (exact) mass is 200 g/mol. The van der Waals surface area contributed by atoms with Gasteiger partial charge in [0.2, 0.25) is 6.43 Å². The lowest BCUT2D eigenvalue weighted by Gasteiger charge is -2.02. The quantitative estimate of drug-likeness (QED) is 0.773. The first-order chi connectivity index (χ1) is 6.72. The average molecular weight is 200 g/mol. The SMILES string of the molecule is OCCc1ccc(CCC(F)F)cc1. The molecule has 1 rings (SSSR count). The molecule has 1 N–H and O–H groups in total. The Bertz CT molecular complexity index is 256. The van der Waals surface area contributed by atoms with Crippen LogP contribution in [0.3, 0.4) is 0 Å². The van der Waals surface area contributed by atoms with Crippen molar-refractivity contribution in [2.24, 2.45) is 0 Å². The molecule has 0 saturated carbocycles. The predicted octanol–water partition coefficient (Wildman–Crippen LogP) is 2.42. The maximum Gasteiger partial charge on any atom is 0.239 e. The molecular formula is C11H14F2O. The van der Waals surface area contributed by atoms with Crippen LogP contribution in [0.1, 0.15) is 17.5 Å². The van der Waals surface area contributed by atoms with Gasteiger partial charge in [0.05, 0.1) is 0 Å². The van der Waals surface area contributed by atoms with Gasteiger partial charge < -0.3 is 5.11 Å². The molecule has 0 aliphatic rings. The van der Waals surface area contributed by atoms with Crippen LogP contribution in [0.4, 0.5) is 8.78 Å². The van der Waals surface area contributed by atoms with Crippen molar-refractivity contribution >= 4 is 0 Å². The van der Waals surface area contributed by atoms with E-state index in [2.05, 4.69) is 0 Å². The Morgan fingerprint density at radius 2 is 1.50 bits per heavy atom. The molecule has 0 unspecified atom stereocenters. The minimum atomic E-state index is -2.23. The van der Waals surface area contributed by atoms with E-state index in [-0.39, 0.29) is 13.0 Å². The molecule has 1 nitrogen and oxygen atoms in total. The van der Waals surface area contributed by atoms with E-state index in [9.17, 15) is 8.78 Å². The van der Waals surface area contributed by atoms with Crippen molar-refractivity contribution in [3.63, 3.8) is 0 Å². The Labute approximate surface area is 82.4 Å². The number of alkyl halides is 2. The Morgan fingerprint density at radius 3 is 1.93 bits per heavy atom. The highest BCUT2D eigenvalue weighted by molar-refractivity contribution is 5.22. The zero-order chi connectivity index (χ0) is 10.4. The van der Waals surface area contributed by atoms with E-state index >= 15 is 0 Å².